The summed E-state index contributed by atoms with van der Waals surface area (Å²) >= 11 is 0. The van der Waals surface area contributed by atoms with Crippen molar-refractivity contribution in [3.8, 4) is 0 Å². The van der Waals surface area contributed by atoms with Crippen molar-refractivity contribution in [3.63, 3.8) is 0 Å². The number of amides is 1. The minimum Gasteiger partial charge on any atom is -0.481 e. The van der Waals surface area contributed by atoms with Gasteiger partial charge in [-0.15, -0.1) is 0 Å². The van der Waals surface area contributed by atoms with Gasteiger partial charge in [-0.3, -0.25) is 9.59 Å². The van der Waals surface area contributed by atoms with Crippen molar-refractivity contribution < 1.29 is 27.5 Å². The van der Waals surface area contributed by atoms with Crippen LogP contribution < -0.4 is 0 Å². The van der Waals surface area contributed by atoms with E-state index in [4.69, 9.17) is 5.11 Å². The van der Waals surface area contributed by atoms with E-state index >= 15 is 0 Å². The van der Waals surface area contributed by atoms with Gasteiger partial charge in [0.05, 0.1) is 4.90 Å². The zero-order valence-corrected chi connectivity index (χ0v) is 13.8. The fourth-order valence-electron chi connectivity index (χ4n) is 2.48. The number of nitrogens with zero attached hydrogens (tertiary/aromatic N) is 2. The van der Waals surface area contributed by atoms with Crippen molar-refractivity contribution in [2.24, 2.45) is 0 Å². The van der Waals surface area contributed by atoms with Crippen LogP contribution in [0.2, 0.25) is 0 Å². The lowest BCUT2D eigenvalue weighted by Crippen LogP contribution is -2.50. The van der Waals surface area contributed by atoms with Gasteiger partial charge in [0.1, 0.15) is 5.82 Å². The summed E-state index contributed by atoms with van der Waals surface area (Å²) in [6, 6.07) is 4.62. The number of piperazine rings is 1. The van der Waals surface area contributed by atoms with Crippen LogP contribution in [0.4, 0.5) is 4.39 Å². The van der Waals surface area contributed by atoms with Gasteiger partial charge in [0.15, 0.2) is 0 Å². The number of hydrogen-bond acceptors (Lipinski definition) is 4. The van der Waals surface area contributed by atoms with Crippen molar-refractivity contribution in [3.05, 3.63) is 30.1 Å². The first kappa shape index (κ1) is 18.3. The maximum atomic E-state index is 12.9. The SMILES string of the molecule is O=C(O)CCCC(=O)N1CCN(S(=O)(=O)c2ccc(F)cc2)CC1. The normalized spacial score (nSPS) is 16.1. The predicted molar refractivity (Wildman–Crippen MR) is 83.2 cm³/mol. The van der Waals surface area contributed by atoms with Crippen molar-refractivity contribution in [2.75, 3.05) is 26.2 Å². The summed E-state index contributed by atoms with van der Waals surface area (Å²) in [7, 11) is -3.71. The molecule has 24 heavy (non-hydrogen) atoms. The predicted octanol–water partition coefficient (Wildman–Crippen LogP) is 0.913. The number of carbonyl (C=O) groups excluding carboxylic acids is 1. The average molecular weight is 358 g/mol. The second kappa shape index (κ2) is 7.71. The van der Waals surface area contributed by atoms with E-state index in [9.17, 15) is 22.4 Å². The van der Waals surface area contributed by atoms with Gasteiger partial charge < -0.3 is 10.0 Å². The first-order valence-corrected chi connectivity index (χ1v) is 9.00. The van der Waals surface area contributed by atoms with Gasteiger partial charge in [-0.05, 0) is 30.7 Å². The lowest BCUT2D eigenvalue weighted by atomic mass is 10.2. The zero-order chi connectivity index (χ0) is 17.7. The summed E-state index contributed by atoms with van der Waals surface area (Å²) in [6.45, 7) is 0.827. The van der Waals surface area contributed by atoms with E-state index in [2.05, 4.69) is 0 Å². The molecule has 1 aromatic rings. The molecule has 1 heterocycles. The second-order valence-electron chi connectivity index (χ2n) is 5.49. The molecule has 1 aromatic carbocycles. The number of carboxylic acids is 1. The van der Waals surface area contributed by atoms with Gasteiger partial charge in [0.2, 0.25) is 15.9 Å². The molecule has 2 rings (SSSR count). The van der Waals surface area contributed by atoms with E-state index in [0.29, 0.717) is 0 Å². The summed E-state index contributed by atoms with van der Waals surface area (Å²) < 4.78 is 39.1. The van der Waals surface area contributed by atoms with E-state index in [1.165, 1.54) is 16.4 Å². The molecule has 0 aliphatic carbocycles. The molecule has 1 amide bonds. The Hall–Kier alpha value is -2.00. The highest BCUT2D eigenvalue weighted by molar-refractivity contribution is 7.89. The Morgan fingerprint density at radius 2 is 1.62 bits per heavy atom. The van der Waals surface area contributed by atoms with Gasteiger partial charge in [-0.1, -0.05) is 0 Å². The highest BCUT2D eigenvalue weighted by atomic mass is 32.2. The summed E-state index contributed by atoms with van der Waals surface area (Å²) in [5, 5.41) is 8.56. The smallest absolute Gasteiger partial charge is 0.303 e. The molecule has 1 aliphatic rings. The maximum Gasteiger partial charge on any atom is 0.303 e. The molecule has 0 aromatic heterocycles. The molecule has 0 atom stereocenters. The fraction of sp³-hybridized carbons (Fsp3) is 0.467. The lowest BCUT2D eigenvalue weighted by Gasteiger charge is -2.34. The third kappa shape index (κ3) is 4.51. The first-order chi connectivity index (χ1) is 11.3. The largest absolute Gasteiger partial charge is 0.481 e. The summed E-state index contributed by atoms with van der Waals surface area (Å²) in [5.74, 6) is -1.63. The molecule has 0 bridgehead atoms. The lowest BCUT2D eigenvalue weighted by molar-refractivity contribution is -0.137. The third-order valence-corrected chi connectivity index (χ3v) is 5.74. The number of hydrogen-bond donors (Lipinski definition) is 1. The van der Waals surface area contributed by atoms with Crippen molar-refractivity contribution in [2.45, 2.75) is 24.2 Å². The molecule has 7 nitrogen and oxygen atoms in total. The number of rotatable bonds is 6. The molecule has 132 valence electrons. The average Bonchev–Trinajstić information content (AvgIpc) is 2.55. The molecule has 1 saturated heterocycles. The van der Waals surface area contributed by atoms with Crippen LogP contribution in [0.25, 0.3) is 0 Å². The first-order valence-electron chi connectivity index (χ1n) is 7.56. The molecule has 1 N–H and O–H groups in total. The summed E-state index contributed by atoms with van der Waals surface area (Å²) in [6.07, 6.45) is 0.337. The number of carboxylic acid groups (broad SMARTS) is 1. The van der Waals surface area contributed by atoms with Crippen LogP contribution in [-0.4, -0.2) is 60.8 Å². The number of benzene rings is 1. The van der Waals surface area contributed by atoms with Gasteiger partial charge in [-0.2, -0.15) is 4.31 Å². The molecule has 1 aliphatic heterocycles. The maximum absolute atomic E-state index is 12.9. The molecule has 0 radical (unpaired) electrons. The highest BCUT2D eigenvalue weighted by Gasteiger charge is 2.29. The van der Waals surface area contributed by atoms with Crippen LogP contribution in [0.1, 0.15) is 19.3 Å². The number of aliphatic carboxylic acids is 1. The van der Waals surface area contributed by atoms with Crippen LogP contribution in [-0.2, 0) is 19.6 Å². The molecular formula is C15H19FN2O5S. The number of carbonyl (C=O) groups is 2. The van der Waals surface area contributed by atoms with Crippen molar-refractivity contribution in [1.82, 2.24) is 9.21 Å². The molecule has 0 unspecified atom stereocenters. The quantitative estimate of drug-likeness (QED) is 0.816. The Kier molecular flexibility index (Phi) is 5.89. The molecule has 0 saturated carbocycles. The van der Waals surface area contributed by atoms with E-state index in [1.54, 1.807) is 4.90 Å². The van der Waals surface area contributed by atoms with Crippen LogP contribution in [0.5, 0.6) is 0 Å². The molecule has 9 heteroatoms. The third-order valence-electron chi connectivity index (χ3n) is 3.82. The van der Waals surface area contributed by atoms with E-state index in [0.717, 1.165) is 12.1 Å². The Morgan fingerprint density at radius 1 is 1.04 bits per heavy atom. The van der Waals surface area contributed by atoms with Gasteiger partial charge in [-0.25, -0.2) is 12.8 Å². The van der Waals surface area contributed by atoms with Crippen molar-refractivity contribution in [1.29, 1.82) is 0 Å². The zero-order valence-electron chi connectivity index (χ0n) is 13.0. The highest BCUT2D eigenvalue weighted by Crippen LogP contribution is 2.18. The Labute approximate surface area is 139 Å². The van der Waals surface area contributed by atoms with Gasteiger partial charge in [0.25, 0.3) is 0 Å². The molecule has 1 fully saturated rings. The van der Waals surface area contributed by atoms with Crippen LogP contribution in [0, 0.1) is 5.82 Å². The monoisotopic (exact) mass is 358 g/mol. The molecular weight excluding hydrogens is 339 g/mol. The minimum absolute atomic E-state index is 0.0186. The van der Waals surface area contributed by atoms with E-state index in [-0.39, 0.29) is 56.2 Å². The van der Waals surface area contributed by atoms with E-state index in [1.807, 2.05) is 0 Å². The van der Waals surface area contributed by atoms with Crippen LogP contribution >= 0.6 is 0 Å². The summed E-state index contributed by atoms with van der Waals surface area (Å²) in [4.78, 5) is 24.0. The Morgan fingerprint density at radius 3 is 2.17 bits per heavy atom. The second-order valence-corrected chi connectivity index (χ2v) is 7.42. The van der Waals surface area contributed by atoms with Gasteiger partial charge in [0, 0.05) is 39.0 Å². The van der Waals surface area contributed by atoms with Crippen molar-refractivity contribution >= 4 is 21.9 Å². The standard InChI is InChI=1S/C15H19FN2O5S/c16-12-4-6-13(7-5-12)24(22,23)18-10-8-17(9-11-18)14(19)2-1-3-15(20)21/h4-7H,1-3,8-11H2,(H,20,21). The number of halogens is 1. The van der Waals surface area contributed by atoms with Gasteiger partial charge >= 0.3 is 5.97 Å². The van der Waals surface area contributed by atoms with Crippen LogP contribution in [0.3, 0.4) is 0 Å². The topological polar surface area (TPSA) is 95.0 Å². The van der Waals surface area contributed by atoms with Crippen LogP contribution in [0.15, 0.2) is 29.2 Å². The fourth-order valence-corrected chi connectivity index (χ4v) is 3.90. The Balaban J connectivity index is 1.91. The summed E-state index contributed by atoms with van der Waals surface area (Å²) in [5.41, 5.74) is 0. The van der Waals surface area contributed by atoms with E-state index < -0.39 is 21.8 Å². The molecule has 0 spiro atoms. The Bertz CT molecular complexity index is 697. The number of sulfonamides is 1. The minimum atomic E-state index is -3.71.